The lowest BCUT2D eigenvalue weighted by Crippen LogP contribution is -2.53. The number of piperidine rings is 2. The maximum absolute atomic E-state index is 13.7. The molecule has 0 radical (unpaired) electrons. The molecular formula is C30H36N6O2. The van der Waals surface area contributed by atoms with E-state index in [1.54, 1.807) is 7.11 Å². The highest BCUT2D eigenvalue weighted by atomic mass is 16.5. The molecule has 3 fully saturated rings. The molecule has 2 saturated heterocycles. The number of methoxy groups -OCH3 is 1. The summed E-state index contributed by atoms with van der Waals surface area (Å²) in [6, 6.07) is 10.8. The van der Waals surface area contributed by atoms with Crippen LogP contribution in [-0.2, 0) is 6.54 Å². The Kier molecular flexibility index (Phi) is 5.69. The highest BCUT2D eigenvalue weighted by Gasteiger charge is 2.34. The van der Waals surface area contributed by atoms with E-state index in [9.17, 15) is 4.79 Å². The predicted molar refractivity (Wildman–Crippen MR) is 148 cm³/mol. The van der Waals surface area contributed by atoms with Crippen molar-refractivity contribution < 1.29 is 9.53 Å². The standard InChI is InChI=1S/C30H36N6O2/c1-18-6-9-21-13-25(35(29(21)32-18)16-20-7-8-20)28-19(2)36-26(33-28)14-23(15-27(36)38-3)30(37)34-12-10-24-22(17-34)5-4-11-31-24/h6,9,13-15,20,22,24,31H,4-5,7-8,10-12,16-17H2,1-3H3/t22-,24+/m0/s1. The van der Waals surface area contributed by atoms with Gasteiger partial charge in [0.25, 0.3) is 5.91 Å². The number of pyridine rings is 2. The zero-order chi connectivity index (χ0) is 26.0. The largest absolute Gasteiger partial charge is 0.482 e. The lowest BCUT2D eigenvalue weighted by molar-refractivity contribution is 0.0592. The van der Waals surface area contributed by atoms with Crippen molar-refractivity contribution in [1.29, 1.82) is 0 Å². The second kappa shape index (κ2) is 9.12. The first-order valence-electron chi connectivity index (χ1n) is 14.1. The van der Waals surface area contributed by atoms with Gasteiger partial charge in [0.2, 0.25) is 0 Å². The third kappa shape index (κ3) is 3.97. The van der Waals surface area contributed by atoms with Gasteiger partial charge in [-0.3, -0.25) is 9.20 Å². The average Bonchev–Trinajstić information content (AvgIpc) is 3.62. The molecule has 1 saturated carbocycles. The van der Waals surface area contributed by atoms with Crippen molar-refractivity contribution in [1.82, 2.24) is 29.2 Å². The van der Waals surface area contributed by atoms with Crippen molar-refractivity contribution in [2.45, 2.75) is 58.5 Å². The van der Waals surface area contributed by atoms with E-state index in [-0.39, 0.29) is 5.91 Å². The predicted octanol–water partition coefficient (Wildman–Crippen LogP) is 4.60. The fraction of sp³-hybridized carbons (Fsp3) is 0.500. The van der Waals surface area contributed by atoms with Gasteiger partial charge < -0.3 is 19.5 Å². The van der Waals surface area contributed by atoms with Crippen molar-refractivity contribution in [3.8, 4) is 17.3 Å². The van der Waals surface area contributed by atoms with Crippen LogP contribution in [-0.4, -0.2) is 62.5 Å². The number of ether oxygens (including phenoxy) is 1. The van der Waals surface area contributed by atoms with Crippen LogP contribution in [0.1, 0.15) is 53.8 Å². The van der Waals surface area contributed by atoms with E-state index in [1.165, 1.54) is 25.7 Å². The first-order valence-corrected chi connectivity index (χ1v) is 14.1. The first-order chi connectivity index (χ1) is 18.5. The molecule has 1 aliphatic carbocycles. The van der Waals surface area contributed by atoms with Crippen LogP contribution in [0.15, 0.2) is 30.3 Å². The van der Waals surface area contributed by atoms with Gasteiger partial charge >= 0.3 is 0 Å². The summed E-state index contributed by atoms with van der Waals surface area (Å²) < 4.78 is 10.2. The summed E-state index contributed by atoms with van der Waals surface area (Å²) in [5.41, 5.74) is 6.41. The van der Waals surface area contributed by atoms with E-state index in [2.05, 4.69) is 35.0 Å². The van der Waals surface area contributed by atoms with E-state index in [1.807, 2.05) is 28.4 Å². The number of likely N-dealkylation sites (tertiary alicyclic amines) is 1. The maximum Gasteiger partial charge on any atom is 0.254 e. The molecule has 4 aromatic rings. The molecule has 4 aromatic heterocycles. The summed E-state index contributed by atoms with van der Waals surface area (Å²) in [7, 11) is 1.66. The summed E-state index contributed by atoms with van der Waals surface area (Å²) in [5, 5.41) is 4.77. The number of carbonyl (C=O) groups is 1. The van der Waals surface area contributed by atoms with Crippen LogP contribution < -0.4 is 10.1 Å². The van der Waals surface area contributed by atoms with Crippen LogP contribution in [0.4, 0.5) is 0 Å². The molecule has 0 bridgehead atoms. The number of hydrogen-bond acceptors (Lipinski definition) is 5. The number of hydrogen-bond donors (Lipinski definition) is 1. The fourth-order valence-electron chi connectivity index (χ4n) is 6.57. The zero-order valence-corrected chi connectivity index (χ0v) is 22.5. The van der Waals surface area contributed by atoms with Gasteiger partial charge in [-0.1, -0.05) is 0 Å². The number of aryl methyl sites for hydroxylation is 2. The van der Waals surface area contributed by atoms with E-state index in [4.69, 9.17) is 14.7 Å². The smallest absolute Gasteiger partial charge is 0.254 e. The van der Waals surface area contributed by atoms with E-state index < -0.39 is 0 Å². The van der Waals surface area contributed by atoms with E-state index >= 15 is 0 Å². The van der Waals surface area contributed by atoms with Gasteiger partial charge in [0.1, 0.15) is 17.0 Å². The second-order valence-electron chi connectivity index (χ2n) is 11.5. The Morgan fingerprint density at radius 1 is 1.11 bits per heavy atom. The Morgan fingerprint density at radius 3 is 2.79 bits per heavy atom. The fourth-order valence-corrected chi connectivity index (χ4v) is 6.57. The molecule has 0 aromatic carbocycles. The minimum atomic E-state index is 0.0690. The molecule has 1 amide bonds. The Hall–Kier alpha value is -3.39. The van der Waals surface area contributed by atoms with Crippen LogP contribution in [0.25, 0.3) is 28.1 Å². The summed E-state index contributed by atoms with van der Waals surface area (Å²) in [6.45, 7) is 7.77. The molecule has 0 spiro atoms. The number of aromatic nitrogens is 4. The molecule has 3 aliphatic rings. The highest BCUT2D eigenvalue weighted by molar-refractivity contribution is 5.96. The van der Waals surface area contributed by atoms with Crippen LogP contribution in [0.2, 0.25) is 0 Å². The Balaban J connectivity index is 1.29. The van der Waals surface area contributed by atoms with Crippen LogP contribution in [0.3, 0.4) is 0 Å². The molecule has 2 aliphatic heterocycles. The molecule has 1 N–H and O–H groups in total. The molecule has 8 heteroatoms. The Morgan fingerprint density at radius 2 is 1.97 bits per heavy atom. The number of nitrogens with one attached hydrogen (secondary N) is 1. The highest BCUT2D eigenvalue weighted by Crippen LogP contribution is 2.37. The first kappa shape index (κ1) is 23.7. The third-order valence-corrected chi connectivity index (χ3v) is 8.82. The van der Waals surface area contributed by atoms with Crippen molar-refractivity contribution in [3.05, 3.63) is 47.3 Å². The van der Waals surface area contributed by atoms with Crippen LogP contribution in [0.5, 0.6) is 5.88 Å². The second-order valence-corrected chi connectivity index (χ2v) is 11.5. The molecule has 8 nitrogen and oxygen atoms in total. The summed E-state index contributed by atoms with van der Waals surface area (Å²) in [5.74, 6) is 1.94. The van der Waals surface area contributed by atoms with Crippen LogP contribution in [0, 0.1) is 25.7 Å². The average molecular weight is 513 g/mol. The summed E-state index contributed by atoms with van der Waals surface area (Å²) in [6.07, 6.45) is 5.92. The van der Waals surface area contributed by atoms with Crippen molar-refractivity contribution in [3.63, 3.8) is 0 Å². The van der Waals surface area contributed by atoms with Gasteiger partial charge in [-0.05, 0) is 88.6 Å². The van der Waals surface area contributed by atoms with Gasteiger partial charge in [0.05, 0.1) is 18.5 Å². The van der Waals surface area contributed by atoms with Crippen molar-refractivity contribution >= 4 is 22.6 Å². The third-order valence-electron chi connectivity index (χ3n) is 8.82. The number of amides is 1. The number of carbonyl (C=O) groups excluding carboxylic acids is 1. The van der Waals surface area contributed by atoms with Crippen LogP contribution >= 0.6 is 0 Å². The summed E-state index contributed by atoms with van der Waals surface area (Å²) >= 11 is 0. The number of nitrogens with zero attached hydrogens (tertiary/aromatic N) is 5. The minimum Gasteiger partial charge on any atom is -0.482 e. The normalized spacial score (nSPS) is 21.7. The molecule has 198 valence electrons. The van der Waals surface area contributed by atoms with Gasteiger partial charge in [-0.15, -0.1) is 0 Å². The maximum atomic E-state index is 13.7. The lowest BCUT2D eigenvalue weighted by Gasteiger charge is -2.41. The molecular weight excluding hydrogens is 476 g/mol. The molecule has 7 rings (SSSR count). The molecule has 6 heterocycles. The molecule has 38 heavy (non-hydrogen) atoms. The van der Waals surface area contributed by atoms with E-state index in [0.717, 1.165) is 72.1 Å². The van der Waals surface area contributed by atoms with Crippen molar-refractivity contribution in [2.24, 2.45) is 11.8 Å². The zero-order valence-electron chi connectivity index (χ0n) is 22.5. The number of imidazole rings is 1. The monoisotopic (exact) mass is 512 g/mol. The topological polar surface area (TPSA) is 76.7 Å². The van der Waals surface area contributed by atoms with Gasteiger partial charge in [-0.2, -0.15) is 0 Å². The Bertz CT molecular complexity index is 1550. The van der Waals surface area contributed by atoms with E-state index in [0.29, 0.717) is 29.3 Å². The lowest BCUT2D eigenvalue weighted by atomic mass is 9.85. The summed E-state index contributed by atoms with van der Waals surface area (Å²) in [4.78, 5) is 25.7. The minimum absolute atomic E-state index is 0.0690. The van der Waals surface area contributed by atoms with Gasteiger partial charge in [-0.25, -0.2) is 9.97 Å². The van der Waals surface area contributed by atoms with Crippen molar-refractivity contribution in [2.75, 3.05) is 26.7 Å². The SMILES string of the molecule is COc1cc(C(=O)N2CC[C@H]3NCCC[C@H]3C2)cc2nc(-c3cc4ccc(C)nc4n3CC3CC3)c(C)n12. The number of fused-ring (bicyclic) bond motifs is 3. The molecule has 0 unspecified atom stereocenters. The van der Waals surface area contributed by atoms with Gasteiger partial charge in [0, 0.05) is 48.4 Å². The number of rotatable bonds is 5. The molecule has 2 atom stereocenters. The quantitative estimate of drug-likeness (QED) is 0.423. The Labute approximate surface area is 223 Å². The van der Waals surface area contributed by atoms with Gasteiger partial charge in [0.15, 0.2) is 5.88 Å².